The summed E-state index contributed by atoms with van der Waals surface area (Å²) in [6, 6.07) is 24.5. The summed E-state index contributed by atoms with van der Waals surface area (Å²) in [5.74, 6) is 1.47. The number of ether oxygens (including phenoxy) is 2. The summed E-state index contributed by atoms with van der Waals surface area (Å²) in [4.78, 5) is 12.1. The zero-order valence-corrected chi connectivity index (χ0v) is 16.0. The first-order chi connectivity index (χ1) is 14.3. The molecule has 150 valence electrons. The van der Waals surface area contributed by atoms with Gasteiger partial charge in [-0.1, -0.05) is 54.6 Å². The smallest absolute Gasteiger partial charge is 0.238 e. The number of carbonyl (C=O) groups is 1. The van der Waals surface area contributed by atoms with Crippen LogP contribution < -0.4 is 20.1 Å². The summed E-state index contributed by atoms with van der Waals surface area (Å²) in [6.07, 6.45) is 0. The van der Waals surface area contributed by atoms with Crippen LogP contribution in [0.2, 0.25) is 0 Å². The van der Waals surface area contributed by atoms with Gasteiger partial charge in [0.05, 0.1) is 18.8 Å². The Kier molecular flexibility index (Phi) is 7.63. The second kappa shape index (κ2) is 10.8. The van der Waals surface area contributed by atoms with Gasteiger partial charge in [-0.2, -0.15) is 0 Å². The van der Waals surface area contributed by atoms with E-state index in [1.807, 2.05) is 66.7 Å². The Morgan fingerprint density at radius 3 is 2.24 bits per heavy atom. The molecule has 0 atom stereocenters. The van der Waals surface area contributed by atoms with E-state index in [4.69, 9.17) is 14.6 Å². The SMILES string of the molecule is O=C(CNCCO)Nc1ccccc1Oc1ccccc1OCc1ccccc1. The number of amides is 1. The molecule has 0 saturated heterocycles. The molecule has 3 aromatic rings. The maximum absolute atomic E-state index is 12.1. The highest BCUT2D eigenvalue weighted by Gasteiger charge is 2.11. The largest absolute Gasteiger partial charge is 0.485 e. The van der Waals surface area contributed by atoms with Crippen LogP contribution in [0.15, 0.2) is 78.9 Å². The van der Waals surface area contributed by atoms with Crippen molar-refractivity contribution in [3.05, 3.63) is 84.4 Å². The van der Waals surface area contributed by atoms with Crippen molar-refractivity contribution in [1.82, 2.24) is 5.32 Å². The van der Waals surface area contributed by atoms with Crippen LogP contribution in [0.4, 0.5) is 5.69 Å². The molecule has 0 fully saturated rings. The number of aliphatic hydroxyl groups excluding tert-OH is 1. The molecule has 0 unspecified atom stereocenters. The first-order valence-electron chi connectivity index (χ1n) is 9.40. The first-order valence-corrected chi connectivity index (χ1v) is 9.40. The highest BCUT2D eigenvalue weighted by atomic mass is 16.5. The van der Waals surface area contributed by atoms with E-state index in [-0.39, 0.29) is 19.1 Å². The van der Waals surface area contributed by atoms with Crippen LogP contribution in [0.1, 0.15) is 5.56 Å². The normalized spacial score (nSPS) is 10.4. The second-order valence-electron chi connectivity index (χ2n) is 6.27. The summed E-state index contributed by atoms with van der Waals surface area (Å²) in [5.41, 5.74) is 1.62. The summed E-state index contributed by atoms with van der Waals surface area (Å²) in [7, 11) is 0. The Hall–Kier alpha value is -3.35. The molecule has 0 bridgehead atoms. The molecule has 6 nitrogen and oxygen atoms in total. The van der Waals surface area contributed by atoms with Crippen LogP contribution in [-0.2, 0) is 11.4 Å². The lowest BCUT2D eigenvalue weighted by molar-refractivity contribution is -0.115. The Balaban J connectivity index is 1.69. The lowest BCUT2D eigenvalue weighted by atomic mass is 10.2. The number of benzene rings is 3. The van der Waals surface area contributed by atoms with Crippen LogP contribution in [0.25, 0.3) is 0 Å². The van der Waals surface area contributed by atoms with E-state index in [9.17, 15) is 4.79 Å². The van der Waals surface area contributed by atoms with Gasteiger partial charge in [-0.05, 0) is 29.8 Å². The minimum absolute atomic E-state index is 0.0211. The van der Waals surface area contributed by atoms with Gasteiger partial charge in [-0.15, -0.1) is 0 Å². The van der Waals surface area contributed by atoms with Crippen LogP contribution in [0.5, 0.6) is 17.2 Å². The number of hydrogen-bond acceptors (Lipinski definition) is 5. The van der Waals surface area contributed by atoms with Crippen LogP contribution >= 0.6 is 0 Å². The van der Waals surface area contributed by atoms with E-state index < -0.39 is 0 Å². The third kappa shape index (κ3) is 6.34. The maximum Gasteiger partial charge on any atom is 0.238 e. The number of nitrogens with one attached hydrogen (secondary N) is 2. The fraction of sp³-hybridized carbons (Fsp3) is 0.174. The summed E-state index contributed by atoms with van der Waals surface area (Å²) < 4.78 is 12.0. The summed E-state index contributed by atoms with van der Waals surface area (Å²) in [5, 5.41) is 14.5. The van der Waals surface area contributed by atoms with Gasteiger partial charge >= 0.3 is 0 Å². The van der Waals surface area contributed by atoms with E-state index >= 15 is 0 Å². The number of para-hydroxylation sites is 4. The zero-order chi connectivity index (χ0) is 20.3. The van der Waals surface area contributed by atoms with Gasteiger partial charge in [-0.3, -0.25) is 4.79 Å². The molecule has 0 aliphatic heterocycles. The molecular formula is C23H24N2O4. The molecule has 3 aromatic carbocycles. The van der Waals surface area contributed by atoms with Gasteiger partial charge in [-0.25, -0.2) is 0 Å². The van der Waals surface area contributed by atoms with Crippen molar-refractivity contribution < 1.29 is 19.4 Å². The second-order valence-corrected chi connectivity index (χ2v) is 6.27. The number of aliphatic hydroxyl groups is 1. The van der Waals surface area contributed by atoms with Crippen molar-refractivity contribution >= 4 is 11.6 Å². The minimum atomic E-state index is -0.219. The van der Waals surface area contributed by atoms with Gasteiger partial charge < -0.3 is 25.2 Å². The average Bonchev–Trinajstić information content (AvgIpc) is 2.75. The van der Waals surface area contributed by atoms with Gasteiger partial charge in [0.2, 0.25) is 5.91 Å². The van der Waals surface area contributed by atoms with Crippen molar-refractivity contribution in [3.63, 3.8) is 0 Å². The van der Waals surface area contributed by atoms with Crippen molar-refractivity contribution in [1.29, 1.82) is 0 Å². The molecule has 6 heteroatoms. The molecule has 0 aliphatic carbocycles. The Morgan fingerprint density at radius 2 is 1.48 bits per heavy atom. The molecular weight excluding hydrogens is 368 g/mol. The zero-order valence-electron chi connectivity index (χ0n) is 16.0. The molecule has 0 aromatic heterocycles. The molecule has 1 amide bonds. The predicted molar refractivity (Wildman–Crippen MR) is 112 cm³/mol. The van der Waals surface area contributed by atoms with E-state index in [0.29, 0.717) is 36.1 Å². The molecule has 29 heavy (non-hydrogen) atoms. The molecule has 0 spiro atoms. The summed E-state index contributed by atoms with van der Waals surface area (Å²) in [6.45, 7) is 0.867. The third-order valence-corrected chi connectivity index (χ3v) is 4.04. The quantitative estimate of drug-likeness (QED) is 0.460. The predicted octanol–water partition coefficient (Wildman–Crippen LogP) is 3.58. The van der Waals surface area contributed by atoms with Gasteiger partial charge in [0.15, 0.2) is 17.2 Å². The Morgan fingerprint density at radius 1 is 0.828 bits per heavy atom. The fourth-order valence-corrected chi connectivity index (χ4v) is 2.64. The molecule has 0 heterocycles. The van der Waals surface area contributed by atoms with E-state index in [1.165, 1.54) is 0 Å². The van der Waals surface area contributed by atoms with Crippen molar-refractivity contribution in [3.8, 4) is 17.2 Å². The van der Waals surface area contributed by atoms with Gasteiger partial charge in [0.25, 0.3) is 0 Å². The van der Waals surface area contributed by atoms with E-state index in [2.05, 4.69) is 10.6 Å². The topological polar surface area (TPSA) is 79.8 Å². The highest BCUT2D eigenvalue weighted by Crippen LogP contribution is 2.35. The number of rotatable bonds is 10. The van der Waals surface area contributed by atoms with Gasteiger partial charge in [0, 0.05) is 6.54 Å². The highest BCUT2D eigenvalue weighted by molar-refractivity contribution is 5.93. The number of anilines is 1. The Labute approximate surface area is 170 Å². The van der Waals surface area contributed by atoms with Gasteiger partial charge in [0.1, 0.15) is 6.61 Å². The minimum Gasteiger partial charge on any atom is -0.485 e. The molecule has 3 rings (SSSR count). The summed E-state index contributed by atoms with van der Waals surface area (Å²) >= 11 is 0. The first kappa shape index (κ1) is 20.4. The van der Waals surface area contributed by atoms with E-state index in [1.54, 1.807) is 12.1 Å². The van der Waals surface area contributed by atoms with Crippen molar-refractivity contribution in [2.24, 2.45) is 0 Å². The van der Waals surface area contributed by atoms with Crippen molar-refractivity contribution in [2.75, 3.05) is 25.0 Å². The van der Waals surface area contributed by atoms with Crippen molar-refractivity contribution in [2.45, 2.75) is 6.61 Å². The monoisotopic (exact) mass is 392 g/mol. The third-order valence-electron chi connectivity index (χ3n) is 4.04. The molecule has 0 aliphatic rings. The fourth-order valence-electron chi connectivity index (χ4n) is 2.64. The number of carbonyl (C=O) groups excluding carboxylic acids is 1. The maximum atomic E-state index is 12.1. The standard InChI is InChI=1S/C23H24N2O4/c26-15-14-24-16-23(27)25-19-10-4-5-11-20(19)29-22-13-7-6-12-21(22)28-17-18-8-2-1-3-9-18/h1-13,24,26H,14-17H2,(H,25,27). The lowest BCUT2D eigenvalue weighted by Crippen LogP contribution is -2.30. The lowest BCUT2D eigenvalue weighted by Gasteiger charge is -2.15. The molecule has 0 saturated carbocycles. The molecule has 3 N–H and O–H groups in total. The molecule has 0 radical (unpaired) electrons. The van der Waals surface area contributed by atoms with Crippen LogP contribution in [0, 0.1) is 0 Å². The average molecular weight is 392 g/mol. The number of hydrogen-bond donors (Lipinski definition) is 3. The van der Waals surface area contributed by atoms with E-state index in [0.717, 1.165) is 5.56 Å². The van der Waals surface area contributed by atoms with Crippen LogP contribution in [-0.4, -0.2) is 30.7 Å². The Bertz CT molecular complexity index is 916. The van der Waals surface area contributed by atoms with Crippen LogP contribution in [0.3, 0.4) is 0 Å².